The summed E-state index contributed by atoms with van der Waals surface area (Å²) in [7, 11) is 0. The number of rotatable bonds is 9. The fraction of sp³-hybridized carbons (Fsp3) is 0.190. The van der Waals surface area contributed by atoms with Gasteiger partial charge in [-0.25, -0.2) is 9.37 Å². The first-order valence-electron chi connectivity index (χ1n) is 22.4. The summed E-state index contributed by atoms with van der Waals surface area (Å²) in [5.74, 6) is 2.50. The van der Waals surface area contributed by atoms with Crippen molar-refractivity contribution in [3.05, 3.63) is 192 Å². The van der Waals surface area contributed by atoms with Gasteiger partial charge in [-0.05, 0) is 123 Å². The van der Waals surface area contributed by atoms with Crippen LogP contribution in [0.5, 0.6) is 11.5 Å². The Bertz CT molecular complexity index is 3170. The summed E-state index contributed by atoms with van der Waals surface area (Å²) in [6.07, 6.45) is 1.84. The second-order valence-electron chi connectivity index (χ2n) is 18.6. The van der Waals surface area contributed by atoms with Gasteiger partial charge in [-0.15, -0.1) is 0 Å². The van der Waals surface area contributed by atoms with Crippen LogP contribution in [-0.2, 0) is 5.41 Å². The van der Waals surface area contributed by atoms with Gasteiger partial charge in [0.15, 0.2) is 0 Å². The third-order valence-corrected chi connectivity index (χ3v) is 12.6. The molecule has 0 N–H and O–H groups in total. The molecule has 0 saturated heterocycles. The maximum Gasteiger partial charge on any atom is 0.137 e. The van der Waals surface area contributed by atoms with Gasteiger partial charge in [0.2, 0.25) is 0 Å². The molecule has 0 amide bonds. The number of benzene rings is 7. The van der Waals surface area contributed by atoms with Gasteiger partial charge in [-0.2, -0.15) is 0 Å². The van der Waals surface area contributed by atoms with Crippen LogP contribution in [0.15, 0.2) is 170 Å². The summed E-state index contributed by atoms with van der Waals surface area (Å²) in [6, 6.07) is 56.5. The molecule has 1 aliphatic rings. The third-order valence-electron chi connectivity index (χ3n) is 12.6. The van der Waals surface area contributed by atoms with Gasteiger partial charge in [0.05, 0.1) is 22.4 Å². The van der Waals surface area contributed by atoms with Gasteiger partial charge in [0.1, 0.15) is 29.8 Å². The Hall–Kier alpha value is -7.18. The molecule has 7 aromatic carbocycles. The molecule has 0 bridgehead atoms. The van der Waals surface area contributed by atoms with Gasteiger partial charge in [0, 0.05) is 46.0 Å². The van der Waals surface area contributed by atoms with E-state index in [0.717, 1.165) is 67.3 Å². The van der Waals surface area contributed by atoms with Crippen molar-refractivity contribution < 1.29 is 9.13 Å². The molecular weight excluding hydrogens is 788 g/mol. The summed E-state index contributed by atoms with van der Waals surface area (Å²) in [4.78, 5) is 9.63. The first kappa shape index (κ1) is 40.9. The molecule has 1 aliphatic heterocycles. The molecule has 0 unspecified atom stereocenters. The Morgan fingerprint density at radius 1 is 0.562 bits per heavy atom. The summed E-state index contributed by atoms with van der Waals surface area (Å²) in [5, 5.41) is 2.30. The molecule has 0 saturated carbocycles. The number of halogens is 1. The number of aromatic nitrogens is 2. The van der Waals surface area contributed by atoms with Crippen molar-refractivity contribution in [1.82, 2.24) is 9.55 Å². The number of fused-ring (bicyclic) bond motifs is 4. The molecule has 3 heterocycles. The van der Waals surface area contributed by atoms with Crippen molar-refractivity contribution in [2.45, 2.75) is 65.7 Å². The topological polar surface area (TPSA) is 33.5 Å². The number of nitrogens with zero attached hydrogens (tertiary/aromatic N) is 4. The van der Waals surface area contributed by atoms with Crippen LogP contribution in [0.3, 0.4) is 0 Å². The fourth-order valence-corrected chi connectivity index (χ4v) is 9.57. The van der Waals surface area contributed by atoms with Crippen molar-refractivity contribution in [1.29, 1.82) is 0 Å². The van der Waals surface area contributed by atoms with Crippen LogP contribution in [0.4, 0.5) is 27.1 Å². The van der Waals surface area contributed by atoms with Crippen molar-refractivity contribution in [2.24, 2.45) is 0 Å². The Balaban J connectivity index is 1.13. The van der Waals surface area contributed by atoms with E-state index in [-0.39, 0.29) is 23.1 Å². The Labute approximate surface area is 376 Å². The van der Waals surface area contributed by atoms with Gasteiger partial charge in [-0.1, -0.05) is 127 Å². The molecule has 0 aliphatic carbocycles. The highest BCUT2D eigenvalue weighted by Crippen LogP contribution is 2.51. The van der Waals surface area contributed by atoms with Gasteiger partial charge >= 0.3 is 0 Å². The highest BCUT2D eigenvalue weighted by molar-refractivity contribution is 6.09. The minimum Gasteiger partial charge on any atom is -0.457 e. The van der Waals surface area contributed by atoms with E-state index in [1.807, 2.05) is 36.5 Å². The molecule has 318 valence electrons. The van der Waals surface area contributed by atoms with Crippen LogP contribution in [0, 0.1) is 5.82 Å². The molecule has 0 atom stereocenters. The molecule has 9 aromatic rings. The Kier molecular flexibility index (Phi) is 10.3. The van der Waals surface area contributed by atoms with Crippen LogP contribution in [0.2, 0.25) is 0 Å². The van der Waals surface area contributed by atoms with E-state index in [0.29, 0.717) is 12.2 Å². The normalized spacial score (nSPS) is 12.8. The second-order valence-corrected chi connectivity index (χ2v) is 18.6. The molecule has 64 heavy (non-hydrogen) atoms. The lowest BCUT2D eigenvalue weighted by molar-refractivity contribution is 0.483. The standard InChI is InChI=1S/C58H53FN4O/c1-37(2)48-32-40(45-19-9-12-22-51(45)59)33-49(38(3)4)57(48)62-36-61(53-24-14-15-25-54(53)62)41-30-39(44-18-8-11-21-50(44)58(5,6)7)31-43(34-41)64-42-27-28-47-46-20-10-13-23-52(46)63(55(47)35-42)56-26-16-17-29-60-56/h8-35,37-38H,36H2,1-7H3. The fourth-order valence-electron chi connectivity index (χ4n) is 9.57. The minimum absolute atomic E-state index is 0.0933. The Morgan fingerprint density at radius 3 is 1.89 bits per heavy atom. The highest BCUT2D eigenvalue weighted by atomic mass is 19.1. The molecule has 0 spiro atoms. The van der Waals surface area contributed by atoms with Gasteiger partial charge in [0.25, 0.3) is 0 Å². The average molecular weight is 841 g/mol. The van der Waals surface area contributed by atoms with E-state index in [1.165, 1.54) is 27.9 Å². The first-order valence-corrected chi connectivity index (χ1v) is 22.4. The zero-order chi connectivity index (χ0) is 44.3. The summed E-state index contributed by atoms with van der Waals surface area (Å²) >= 11 is 0. The Morgan fingerprint density at radius 2 is 1.19 bits per heavy atom. The lowest BCUT2D eigenvalue weighted by atomic mass is 9.82. The maximum absolute atomic E-state index is 15.4. The lowest BCUT2D eigenvalue weighted by Gasteiger charge is -2.30. The number of hydrogen-bond donors (Lipinski definition) is 0. The van der Waals surface area contributed by atoms with Crippen molar-refractivity contribution in [2.75, 3.05) is 16.5 Å². The summed E-state index contributed by atoms with van der Waals surface area (Å²) in [6.45, 7) is 16.3. The number of pyridine rings is 1. The monoisotopic (exact) mass is 840 g/mol. The van der Waals surface area contributed by atoms with E-state index in [9.17, 15) is 0 Å². The zero-order valence-corrected chi connectivity index (χ0v) is 37.6. The van der Waals surface area contributed by atoms with E-state index in [2.05, 4.69) is 184 Å². The van der Waals surface area contributed by atoms with Gasteiger partial charge < -0.3 is 14.5 Å². The largest absolute Gasteiger partial charge is 0.457 e. The number of ether oxygens (including phenoxy) is 1. The highest BCUT2D eigenvalue weighted by Gasteiger charge is 2.33. The maximum atomic E-state index is 15.4. The SMILES string of the molecule is CC(C)c1cc(-c2ccccc2F)cc(C(C)C)c1N1CN(c2cc(Oc3ccc4c5ccccc5n(-c5ccccn5)c4c3)cc(-c3ccccc3C(C)(C)C)c2)c2ccccc21. The number of para-hydroxylation sites is 3. The molecule has 2 aromatic heterocycles. The molecule has 5 nitrogen and oxygen atoms in total. The molecule has 0 radical (unpaired) electrons. The van der Waals surface area contributed by atoms with E-state index < -0.39 is 0 Å². The second kappa shape index (κ2) is 16.2. The van der Waals surface area contributed by atoms with Crippen LogP contribution in [-0.4, -0.2) is 16.2 Å². The van der Waals surface area contributed by atoms with Crippen LogP contribution in [0.1, 0.15) is 77.0 Å². The average Bonchev–Trinajstić information content (AvgIpc) is 3.84. The predicted octanol–water partition coefficient (Wildman–Crippen LogP) is 16.2. The van der Waals surface area contributed by atoms with Gasteiger partial charge in [-0.3, -0.25) is 4.57 Å². The lowest BCUT2D eigenvalue weighted by Crippen LogP contribution is -2.26. The smallest absolute Gasteiger partial charge is 0.137 e. The molecule has 10 rings (SSSR count). The van der Waals surface area contributed by atoms with Crippen LogP contribution in [0.25, 0.3) is 49.9 Å². The van der Waals surface area contributed by atoms with E-state index in [1.54, 1.807) is 12.1 Å². The summed E-state index contributed by atoms with van der Waals surface area (Å²) < 4.78 is 24.6. The van der Waals surface area contributed by atoms with E-state index in [4.69, 9.17) is 9.72 Å². The molecular formula is C58H53FN4O. The zero-order valence-electron chi connectivity index (χ0n) is 37.6. The first-order chi connectivity index (χ1) is 30.9. The minimum atomic E-state index is -0.209. The van der Waals surface area contributed by atoms with Crippen molar-refractivity contribution in [3.8, 4) is 39.6 Å². The van der Waals surface area contributed by atoms with E-state index >= 15 is 4.39 Å². The number of anilines is 4. The summed E-state index contributed by atoms with van der Waals surface area (Å²) in [5.41, 5.74) is 13.9. The predicted molar refractivity (Wildman–Crippen MR) is 265 cm³/mol. The molecule has 0 fully saturated rings. The number of hydrogen-bond acceptors (Lipinski definition) is 4. The molecule has 6 heteroatoms. The van der Waals surface area contributed by atoms with Crippen LogP contribution < -0.4 is 14.5 Å². The van der Waals surface area contributed by atoms with Crippen LogP contribution >= 0.6 is 0 Å². The van der Waals surface area contributed by atoms with Crippen molar-refractivity contribution >= 4 is 44.6 Å². The third kappa shape index (κ3) is 7.27. The van der Waals surface area contributed by atoms with Crippen molar-refractivity contribution in [3.63, 3.8) is 0 Å². The quantitative estimate of drug-likeness (QED) is 0.145.